The summed E-state index contributed by atoms with van der Waals surface area (Å²) in [6, 6.07) is 16.3. The molecule has 0 aliphatic rings. The highest BCUT2D eigenvalue weighted by Crippen LogP contribution is 2.33. The highest BCUT2D eigenvalue weighted by atomic mass is 19.1. The molecular formula is C17H18FN3. The van der Waals surface area contributed by atoms with Crippen LogP contribution in [0.25, 0.3) is 0 Å². The van der Waals surface area contributed by atoms with Crippen LogP contribution in [0.3, 0.4) is 0 Å². The third-order valence-electron chi connectivity index (χ3n) is 3.29. The minimum Gasteiger partial charge on any atom is -0.340 e. The van der Waals surface area contributed by atoms with Crippen molar-refractivity contribution < 1.29 is 4.39 Å². The van der Waals surface area contributed by atoms with E-state index in [1.54, 1.807) is 13.0 Å². The number of nitrogens with two attached hydrogens (primary N) is 1. The van der Waals surface area contributed by atoms with Crippen LogP contribution in [-0.4, -0.2) is 6.54 Å². The normalized spacial score (nSPS) is 11.7. The van der Waals surface area contributed by atoms with Gasteiger partial charge in [-0.25, -0.2) is 4.39 Å². The van der Waals surface area contributed by atoms with Gasteiger partial charge in [0.1, 0.15) is 5.82 Å². The smallest absolute Gasteiger partial charge is 0.130 e. The van der Waals surface area contributed by atoms with Gasteiger partial charge in [-0.1, -0.05) is 24.3 Å². The lowest BCUT2D eigenvalue weighted by Gasteiger charge is -2.28. The third kappa shape index (κ3) is 3.39. The fraction of sp³-hybridized carbons (Fsp3) is 0.235. The molecule has 21 heavy (non-hydrogen) atoms. The average molecular weight is 283 g/mol. The van der Waals surface area contributed by atoms with Gasteiger partial charge < -0.3 is 10.6 Å². The molecule has 0 radical (unpaired) electrons. The summed E-state index contributed by atoms with van der Waals surface area (Å²) in [4.78, 5) is 1.94. The molecule has 0 aliphatic carbocycles. The molecule has 2 rings (SSSR count). The van der Waals surface area contributed by atoms with Gasteiger partial charge >= 0.3 is 0 Å². The van der Waals surface area contributed by atoms with Crippen molar-refractivity contribution >= 4 is 11.4 Å². The van der Waals surface area contributed by atoms with Gasteiger partial charge in [-0.15, -0.1) is 0 Å². The van der Waals surface area contributed by atoms with Gasteiger partial charge in [0.2, 0.25) is 0 Å². The molecule has 4 heteroatoms. The zero-order chi connectivity index (χ0) is 15.2. The molecule has 2 aromatic carbocycles. The number of nitriles is 1. The van der Waals surface area contributed by atoms with Crippen molar-refractivity contribution in [3.8, 4) is 6.07 Å². The molecule has 0 spiro atoms. The minimum absolute atomic E-state index is 0.319. The second-order valence-electron chi connectivity index (χ2n) is 4.86. The summed E-state index contributed by atoms with van der Waals surface area (Å²) >= 11 is 0. The number of rotatable bonds is 5. The Hall–Kier alpha value is -2.38. The predicted octanol–water partition coefficient (Wildman–Crippen LogP) is 3.90. The van der Waals surface area contributed by atoms with Crippen LogP contribution in [-0.2, 0) is 0 Å². The Morgan fingerprint density at radius 3 is 2.52 bits per heavy atom. The molecule has 0 aliphatic heterocycles. The molecule has 0 amide bonds. The van der Waals surface area contributed by atoms with Crippen LogP contribution in [0, 0.1) is 17.1 Å². The van der Waals surface area contributed by atoms with Crippen molar-refractivity contribution in [2.24, 2.45) is 5.73 Å². The average Bonchev–Trinajstić information content (AvgIpc) is 2.48. The molecular weight excluding hydrogens is 265 g/mol. The Labute approximate surface area is 124 Å². The van der Waals surface area contributed by atoms with Crippen LogP contribution >= 0.6 is 0 Å². The van der Waals surface area contributed by atoms with Crippen LogP contribution < -0.4 is 10.6 Å². The van der Waals surface area contributed by atoms with Crippen molar-refractivity contribution in [2.75, 3.05) is 11.4 Å². The van der Waals surface area contributed by atoms with E-state index in [4.69, 9.17) is 11.0 Å². The maximum absolute atomic E-state index is 14.1. The van der Waals surface area contributed by atoms with Crippen LogP contribution in [0.2, 0.25) is 0 Å². The Morgan fingerprint density at radius 1 is 1.19 bits per heavy atom. The Balaban J connectivity index is 2.52. The molecule has 2 N–H and O–H groups in total. The fourth-order valence-corrected chi connectivity index (χ4v) is 2.37. The maximum Gasteiger partial charge on any atom is 0.130 e. The standard InChI is InChI=1S/C17H18FN3/c1-13(20)17-15(18)9-5-10-16(17)21(12-6-11-19)14-7-3-2-4-8-14/h2-5,7-10,13H,6,12,20H2,1H3. The summed E-state index contributed by atoms with van der Waals surface area (Å²) in [6.45, 7) is 2.25. The molecule has 0 fully saturated rings. The van der Waals surface area contributed by atoms with Gasteiger partial charge in [-0.2, -0.15) is 5.26 Å². The number of anilines is 2. The number of para-hydroxylation sites is 1. The van der Waals surface area contributed by atoms with E-state index in [1.807, 2.05) is 41.3 Å². The molecule has 0 saturated heterocycles. The Morgan fingerprint density at radius 2 is 1.90 bits per heavy atom. The van der Waals surface area contributed by atoms with E-state index in [1.165, 1.54) is 6.07 Å². The number of nitrogens with zero attached hydrogens (tertiary/aromatic N) is 2. The van der Waals surface area contributed by atoms with Gasteiger partial charge in [0.15, 0.2) is 0 Å². The second kappa shape index (κ2) is 6.87. The predicted molar refractivity (Wildman–Crippen MR) is 82.7 cm³/mol. The summed E-state index contributed by atoms with van der Waals surface area (Å²) in [6.07, 6.45) is 0.351. The van der Waals surface area contributed by atoms with Crippen LogP contribution in [0.15, 0.2) is 48.5 Å². The SMILES string of the molecule is CC(N)c1c(F)cccc1N(CCC#N)c1ccccc1. The van der Waals surface area contributed by atoms with E-state index < -0.39 is 6.04 Å². The first kappa shape index (κ1) is 15.0. The first-order chi connectivity index (χ1) is 10.1. The molecule has 0 saturated carbocycles. The highest BCUT2D eigenvalue weighted by Gasteiger charge is 2.18. The number of benzene rings is 2. The summed E-state index contributed by atoms with van der Waals surface area (Å²) < 4.78 is 14.1. The quantitative estimate of drug-likeness (QED) is 0.905. The topological polar surface area (TPSA) is 53.0 Å². The van der Waals surface area contributed by atoms with E-state index in [9.17, 15) is 4.39 Å². The van der Waals surface area contributed by atoms with Crippen LogP contribution in [0.5, 0.6) is 0 Å². The van der Waals surface area contributed by atoms with Crippen LogP contribution in [0.1, 0.15) is 24.9 Å². The maximum atomic E-state index is 14.1. The van der Waals surface area contributed by atoms with Gasteiger partial charge in [-0.05, 0) is 31.2 Å². The second-order valence-corrected chi connectivity index (χ2v) is 4.86. The first-order valence-corrected chi connectivity index (χ1v) is 6.88. The lowest BCUT2D eigenvalue weighted by molar-refractivity contribution is 0.593. The van der Waals surface area contributed by atoms with Gasteiger partial charge in [0.25, 0.3) is 0 Å². The van der Waals surface area contributed by atoms with Gasteiger partial charge in [0.05, 0.1) is 12.5 Å². The number of hydrogen-bond acceptors (Lipinski definition) is 3. The minimum atomic E-state index is -0.422. The largest absolute Gasteiger partial charge is 0.340 e. The number of halogens is 1. The summed E-state index contributed by atoms with van der Waals surface area (Å²) in [5, 5.41) is 8.87. The summed E-state index contributed by atoms with van der Waals surface area (Å²) in [7, 11) is 0. The lowest BCUT2D eigenvalue weighted by Crippen LogP contribution is -2.22. The molecule has 0 heterocycles. The highest BCUT2D eigenvalue weighted by molar-refractivity contribution is 5.67. The van der Waals surface area contributed by atoms with Crippen molar-refractivity contribution in [1.29, 1.82) is 5.26 Å². The molecule has 0 aromatic heterocycles. The fourth-order valence-electron chi connectivity index (χ4n) is 2.37. The lowest BCUT2D eigenvalue weighted by atomic mass is 10.0. The zero-order valence-electron chi connectivity index (χ0n) is 12.0. The molecule has 3 nitrogen and oxygen atoms in total. The molecule has 108 valence electrons. The molecule has 0 bridgehead atoms. The molecule has 2 aromatic rings. The number of hydrogen-bond donors (Lipinski definition) is 1. The van der Waals surface area contributed by atoms with E-state index in [-0.39, 0.29) is 5.82 Å². The Bertz CT molecular complexity index is 632. The summed E-state index contributed by atoms with van der Waals surface area (Å²) in [5.41, 5.74) is 8.03. The van der Waals surface area contributed by atoms with Gasteiger partial charge in [0, 0.05) is 29.5 Å². The molecule has 1 unspecified atom stereocenters. The van der Waals surface area contributed by atoms with E-state index in [0.29, 0.717) is 24.2 Å². The zero-order valence-corrected chi connectivity index (χ0v) is 12.0. The third-order valence-corrected chi connectivity index (χ3v) is 3.29. The molecule has 1 atom stereocenters. The van der Waals surface area contributed by atoms with Gasteiger partial charge in [-0.3, -0.25) is 0 Å². The van der Waals surface area contributed by atoms with Crippen molar-refractivity contribution in [1.82, 2.24) is 0 Å². The Kier molecular flexibility index (Phi) is 4.91. The monoisotopic (exact) mass is 283 g/mol. The van der Waals surface area contributed by atoms with Crippen molar-refractivity contribution in [2.45, 2.75) is 19.4 Å². The van der Waals surface area contributed by atoms with E-state index in [0.717, 1.165) is 5.69 Å². The first-order valence-electron chi connectivity index (χ1n) is 6.88. The van der Waals surface area contributed by atoms with Crippen molar-refractivity contribution in [3.05, 3.63) is 59.9 Å². The van der Waals surface area contributed by atoms with Crippen molar-refractivity contribution in [3.63, 3.8) is 0 Å². The summed E-state index contributed by atoms with van der Waals surface area (Å²) in [5.74, 6) is -0.319. The van der Waals surface area contributed by atoms with E-state index in [2.05, 4.69) is 6.07 Å². The van der Waals surface area contributed by atoms with E-state index >= 15 is 0 Å². The van der Waals surface area contributed by atoms with Crippen LogP contribution in [0.4, 0.5) is 15.8 Å².